The molecule has 2 rings (SSSR count). The Morgan fingerprint density at radius 1 is 1.39 bits per heavy atom. The highest BCUT2D eigenvalue weighted by atomic mass is 127. The molecule has 1 aromatic heterocycles. The molecule has 0 saturated carbocycles. The number of amides is 1. The Kier molecular flexibility index (Phi) is 9.22. The third kappa shape index (κ3) is 6.11. The van der Waals surface area contributed by atoms with Crippen LogP contribution < -0.4 is 5.32 Å². The van der Waals surface area contributed by atoms with Crippen LogP contribution in [-0.4, -0.2) is 61.7 Å². The van der Waals surface area contributed by atoms with Crippen molar-refractivity contribution in [3.05, 3.63) is 20.8 Å². The molecule has 1 fully saturated rings. The summed E-state index contributed by atoms with van der Waals surface area (Å²) in [5.74, 6) is 0.869. The van der Waals surface area contributed by atoms with Crippen molar-refractivity contribution in [1.82, 2.24) is 15.1 Å². The van der Waals surface area contributed by atoms with E-state index in [1.165, 1.54) is 4.88 Å². The molecule has 0 aromatic carbocycles. The Bertz CT molecular complexity index is 533. The van der Waals surface area contributed by atoms with Gasteiger partial charge in [0.1, 0.15) is 0 Å². The van der Waals surface area contributed by atoms with Gasteiger partial charge in [0.2, 0.25) is 0 Å². The second-order valence-electron chi connectivity index (χ2n) is 4.81. The Labute approximate surface area is 166 Å². The molecule has 0 atom stereocenters. The van der Waals surface area contributed by atoms with Gasteiger partial charge in [-0.3, -0.25) is 4.99 Å². The van der Waals surface area contributed by atoms with Crippen LogP contribution in [0.3, 0.4) is 0 Å². The van der Waals surface area contributed by atoms with E-state index in [9.17, 15) is 4.79 Å². The summed E-state index contributed by atoms with van der Waals surface area (Å²) in [5, 5.41) is 5.44. The van der Waals surface area contributed by atoms with Crippen molar-refractivity contribution >= 4 is 63.3 Å². The van der Waals surface area contributed by atoms with Gasteiger partial charge in [0, 0.05) is 48.0 Å². The molecule has 9 heteroatoms. The van der Waals surface area contributed by atoms with Crippen molar-refractivity contribution < 1.29 is 9.53 Å². The summed E-state index contributed by atoms with van der Waals surface area (Å²) in [6, 6.07) is 2.10. The molecular weight excluding hydrogens is 495 g/mol. The number of piperazine rings is 1. The highest BCUT2D eigenvalue weighted by molar-refractivity contribution is 14.0. The van der Waals surface area contributed by atoms with Crippen LogP contribution in [0.25, 0.3) is 0 Å². The molecule has 0 unspecified atom stereocenters. The molecule has 1 N–H and O–H groups in total. The minimum absolute atomic E-state index is 0. The number of nitrogens with zero attached hydrogens (tertiary/aromatic N) is 3. The summed E-state index contributed by atoms with van der Waals surface area (Å²) in [6.45, 7) is 5.82. The summed E-state index contributed by atoms with van der Waals surface area (Å²) >= 11 is 5.16. The highest BCUT2D eigenvalue weighted by Crippen LogP contribution is 2.19. The Balaban J connectivity index is 0.00000264. The van der Waals surface area contributed by atoms with Crippen LogP contribution in [0.1, 0.15) is 11.8 Å². The van der Waals surface area contributed by atoms with E-state index >= 15 is 0 Å². The van der Waals surface area contributed by atoms with Gasteiger partial charge in [-0.1, -0.05) is 0 Å². The third-order valence-electron chi connectivity index (χ3n) is 3.36. The van der Waals surface area contributed by atoms with Gasteiger partial charge in [0.15, 0.2) is 5.96 Å². The Morgan fingerprint density at radius 2 is 2.04 bits per heavy atom. The molecule has 2 heterocycles. The van der Waals surface area contributed by atoms with Gasteiger partial charge in [0.25, 0.3) is 0 Å². The van der Waals surface area contributed by atoms with E-state index in [2.05, 4.69) is 42.6 Å². The first-order valence-corrected chi connectivity index (χ1v) is 8.91. The predicted molar refractivity (Wildman–Crippen MR) is 108 cm³/mol. The van der Waals surface area contributed by atoms with E-state index < -0.39 is 0 Å². The molecular formula is C14H22BrIN4O2S. The van der Waals surface area contributed by atoms with Crippen molar-refractivity contribution in [2.45, 2.75) is 13.5 Å². The smallest absolute Gasteiger partial charge is 0.409 e. The van der Waals surface area contributed by atoms with Gasteiger partial charge in [-0.25, -0.2) is 4.79 Å². The third-order valence-corrected chi connectivity index (χ3v) is 5.06. The number of halogens is 2. The van der Waals surface area contributed by atoms with Crippen molar-refractivity contribution in [2.24, 2.45) is 4.99 Å². The Hall–Kier alpha value is -0.550. The number of carbonyl (C=O) groups excluding carboxylic acids is 1. The molecule has 1 aromatic rings. The summed E-state index contributed by atoms with van der Waals surface area (Å²) in [6.07, 6.45) is -0.228. The zero-order valence-corrected chi connectivity index (χ0v) is 18.0. The fourth-order valence-electron chi connectivity index (χ4n) is 2.26. The number of guanidine groups is 1. The van der Waals surface area contributed by atoms with Gasteiger partial charge < -0.3 is 19.9 Å². The van der Waals surface area contributed by atoms with E-state index in [-0.39, 0.29) is 30.1 Å². The van der Waals surface area contributed by atoms with Gasteiger partial charge >= 0.3 is 6.09 Å². The second-order valence-corrected chi connectivity index (χ2v) is 6.72. The van der Waals surface area contributed by atoms with E-state index in [1.807, 2.05) is 6.92 Å². The van der Waals surface area contributed by atoms with Crippen LogP contribution in [0.5, 0.6) is 0 Å². The maximum absolute atomic E-state index is 11.7. The van der Waals surface area contributed by atoms with Crippen molar-refractivity contribution in [3.8, 4) is 0 Å². The number of hydrogen-bond acceptors (Lipinski definition) is 4. The maximum atomic E-state index is 11.7. The van der Waals surface area contributed by atoms with Crippen molar-refractivity contribution in [2.75, 3.05) is 39.8 Å². The lowest BCUT2D eigenvalue weighted by Gasteiger charge is -2.35. The van der Waals surface area contributed by atoms with Gasteiger partial charge in [-0.05, 0) is 28.9 Å². The second kappa shape index (κ2) is 10.3. The Morgan fingerprint density at radius 3 is 2.57 bits per heavy atom. The van der Waals surface area contributed by atoms with Crippen LogP contribution >= 0.6 is 51.2 Å². The maximum Gasteiger partial charge on any atom is 0.409 e. The minimum Gasteiger partial charge on any atom is -0.450 e. The normalized spacial score (nSPS) is 15.2. The molecule has 23 heavy (non-hydrogen) atoms. The zero-order chi connectivity index (χ0) is 15.9. The molecule has 1 aliphatic heterocycles. The van der Waals surface area contributed by atoms with Gasteiger partial charge in [0.05, 0.1) is 13.2 Å². The first-order chi connectivity index (χ1) is 10.6. The predicted octanol–water partition coefficient (Wildman–Crippen LogP) is 2.98. The first-order valence-electron chi connectivity index (χ1n) is 7.24. The number of aliphatic imine (C=N–C) groups is 1. The molecule has 1 aliphatic rings. The summed E-state index contributed by atoms with van der Waals surface area (Å²) in [5.41, 5.74) is 0. The van der Waals surface area contributed by atoms with Crippen LogP contribution in [0, 0.1) is 0 Å². The molecule has 0 aliphatic carbocycles. The van der Waals surface area contributed by atoms with Gasteiger partial charge in [-0.2, -0.15) is 0 Å². The molecule has 130 valence electrons. The molecule has 0 bridgehead atoms. The summed E-state index contributed by atoms with van der Waals surface area (Å²) in [4.78, 5) is 21.2. The lowest BCUT2D eigenvalue weighted by Crippen LogP contribution is -2.53. The molecule has 1 saturated heterocycles. The quantitative estimate of drug-likeness (QED) is 0.381. The zero-order valence-electron chi connectivity index (χ0n) is 13.2. The fourth-order valence-corrected chi connectivity index (χ4v) is 3.65. The van der Waals surface area contributed by atoms with Crippen LogP contribution in [0.15, 0.2) is 20.9 Å². The standard InChI is InChI=1S/C14H21BrN4O2S.HI/c1-3-21-14(20)19-6-4-18(5-7-19)13(16-2)17-9-12-8-11(15)10-22-12;/h8,10H,3-7,9H2,1-2H3,(H,16,17);1H. The summed E-state index contributed by atoms with van der Waals surface area (Å²) in [7, 11) is 1.78. The first kappa shape index (κ1) is 20.5. The van der Waals surface area contributed by atoms with E-state index in [4.69, 9.17) is 4.74 Å². The van der Waals surface area contributed by atoms with Crippen LogP contribution in [0.2, 0.25) is 0 Å². The number of carbonyl (C=O) groups is 1. The van der Waals surface area contributed by atoms with Crippen LogP contribution in [0.4, 0.5) is 4.79 Å². The summed E-state index contributed by atoms with van der Waals surface area (Å²) < 4.78 is 6.13. The lowest BCUT2D eigenvalue weighted by atomic mass is 10.3. The van der Waals surface area contributed by atoms with E-state index in [0.29, 0.717) is 19.7 Å². The topological polar surface area (TPSA) is 57.2 Å². The number of rotatable bonds is 3. The molecule has 1 amide bonds. The average molecular weight is 517 g/mol. The molecule has 0 spiro atoms. The largest absolute Gasteiger partial charge is 0.450 e. The van der Waals surface area contributed by atoms with Gasteiger partial charge in [-0.15, -0.1) is 35.3 Å². The van der Waals surface area contributed by atoms with E-state index in [0.717, 1.165) is 30.1 Å². The SMILES string of the molecule is CCOC(=O)N1CCN(C(=NC)NCc2cc(Br)cs2)CC1.I. The monoisotopic (exact) mass is 516 g/mol. The van der Waals surface area contributed by atoms with Crippen molar-refractivity contribution in [1.29, 1.82) is 0 Å². The highest BCUT2D eigenvalue weighted by Gasteiger charge is 2.23. The number of ether oxygens (including phenoxy) is 1. The molecule has 0 radical (unpaired) electrons. The van der Waals surface area contributed by atoms with E-state index in [1.54, 1.807) is 23.3 Å². The average Bonchev–Trinajstić information content (AvgIpc) is 2.94. The minimum atomic E-state index is -0.228. The number of nitrogens with one attached hydrogen (secondary N) is 1. The van der Waals surface area contributed by atoms with Crippen molar-refractivity contribution in [3.63, 3.8) is 0 Å². The number of thiophene rings is 1. The molecule has 6 nitrogen and oxygen atoms in total. The number of hydrogen-bond donors (Lipinski definition) is 1. The fraction of sp³-hybridized carbons (Fsp3) is 0.571. The van der Waals surface area contributed by atoms with Crippen LogP contribution in [-0.2, 0) is 11.3 Å². The lowest BCUT2D eigenvalue weighted by molar-refractivity contribution is 0.0914.